The molecule has 1 aromatic rings. The molecule has 0 amide bonds. The number of nitrogens with two attached hydrogens (primary N) is 1. The molecular formula is C12H17BrCl2N2. The van der Waals surface area contributed by atoms with E-state index in [-0.39, 0.29) is 18.4 Å². The number of rotatable bonds is 2. The van der Waals surface area contributed by atoms with Gasteiger partial charge in [0.05, 0.1) is 0 Å². The maximum Gasteiger partial charge on any atom is 0.0410 e. The Morgan fingerprint density at radius 1 is 1.35 bits per heavy atom. The largest absolute Gasteiger partial charge is 0.324 e. The molecule has 1 aliphatic rings. The highest BCUT2D eigenvalue weighted by atomic mass is 79.9. The van der Waals surface area contributed by atoms with Crippen LogP contribution in [-0.2, 0) is 0 Å². The van der Waals surface area contributed by atoms with Crippen LogP contribution in [0.1, 0.15) is 24.4 Å². The van der Waals surface area contributed by atoms with Gasteiger partial charge in [0.2, 0.25) is 0 Å². The summed E-state index contributed by atoms with van der Waals surface area (Å²) in [6, 6.07) is 5.90. The number of benzene rings is 1. The summed E-state index contributed by atoms with van der Waals surface area (Å²) in [6.07, 6.45) is 2.28. The second kappa shape index (κ2) is 6.95. The van der Waals surface area contributed by atoms with Gasteiger partial charge in [-0.3, -0.25) is 0 Å². The standard InChI is InChI=1S/C12H16BrClN2.ClH/c13-11-2-1-9(14)7-10(11)12(15)8-3-5-16-6-4-8;/h1-2,7-8,12,16H,3-6,15H2;1H/t12-;/m1./s1. The molecule has 1 aliphatic heterocycles. The normalized spacial score (nSPS) is 18.5. The first-order valence-electron chi connectivity index (χ1n) is 5.59. The van der Waals surface area contributed by atoms with Gasteiger partial charge in [-0.2, -0.15) is 0 Å². The molecule has 3 N–H and O–H groups in total. The zero-order chi connectivity index (χ0) is 11.5. The summed E-state index contributed by atoms with van der Waals surface area (Å²) >= 11 is 9.55. The minimum Gasteiger partial charge on any atom is -0.324 e. The molecule has 0 bridgehead atoms. The number of hydrogen-bond acceptors (Lipinski definition) is 2. The van der Waals surface area contributed by atoms with E-state index in [0.717, 1.165) is 41.0 Å². The van der Waals surface area contributed by atoms with Crippen molar-refractivity contribution in [3.63, 3.8) is 0 Å². The van der Waals surface area contributed by atoms with Crippen LogP contribution in [0, 0.1) is 5.92 Å². The zero-order valence-electron chi connectivity index (χ0n) is 9.46. The van der Waals surface area contributed by atoms with Crippen LogP contribution in [0.25, 0.3) is 0 Å². The predicted molar refractivity (Wildman–Crippen MR) is 78.9 cm³/mol. The molecule has 0 unspecified atom stereocenters. The van der Waals surface area contributed by atoms with E-state index in [1.54, 1.807) is 0 Å². The average molecular weight is 340 g/mol. The molecule has 0 aromatic heterocycles. The SMILES string of the molecule is Cl.N[C@@H](c1cc(Cl)ccc1Br)C1CCNCC1. The fourth-order valence-electron chi connectivity index (χ4n) is 2.23. The van der Waals surface area contributed by atoms with Crippen molar-refractivity contribution in [2.75, 3.05) is 13.1 Å². The third-order valence-electron chi connectivity index (χ3n) is 3.21. The molecule has 2 nitrogen and oxygen atoms in total. The quantitative estimate of drug-likeness (QED) is 0.865. The van der Waals surface area contributed by atoms with Crippen LogP contribution in [0.15, 0.2) is 22.7 Å². The number of halogens is 3. The van der Waals surface area contributed by atoms with Gasteiger partial charge < -0.3 is 11.1 Å². The van der Waals surface area contributed by atoms with Gasteiger partial charge in [-0.25, -0.2) is 0 Å². The third-order valence-corrected chi connectivity index (χ3v) is 4.17. The average Bonchev–Trinajstić information content (AvgIpc) is 2.32. The van der Waals surface area contributed by atoms with E-state index in [0.29, 0.717) is 5.92 Å². The first kappa shape index (κ1) is 15.3. The number of hydrogen-bond donors (Lipinski definition) is 2. The summed E-state index contributed by atoms with van der Waals surface area (Å²) in [6.45, 7) is 2.13. The van der Waals surface area contributed by atoms with Crippen molar-refractivity contribution in [3.8, 4) is 0 Å². The Labute approximate surface area is 122 Å². The molecular weight excluding hydrogens is 323 g/mol. The lowest BCUT2D eigenvalue weighted by atomic mass is 9.87. The highest BCUT2D eigenvalue weighted by Gasteiger charge is 2.23. The summed E-state index contributed by atoms with van der Waals surface area (Å²) in [5.74, 6) is 0.552. The summed E-state index contributed by atoms with van der Waals surface area (Å²) in [5.41, 5.74) is 7.45. The topological polar surface area (TPSA) is 38.0 Å². The monoisotopic (exact) mass is 338 g/mol. The highest BCUT2D eigenvalue weighted by Crippen LogP contribution is 2.32. The van der Waals surface area contributed by atoms with E-state index in [9.17, 15) is 0 Å². The van der Waals surface area contributed by atoms with Crippen molar-refractivity contribution < 1.29 is 0 Å². The second-order valence-electron chi connectivity index (χ2n) is 4.28. The van der Waals surface area contributed by atoms with Gasteiger partial charge in [-0.05, 0) is 55.6 Å². The minimum absolute atomic E-state index is 0. The van der Waals surface area contributed by atoms with Crippen LogP contribution in [0.5, 0.6) is 0 Å². The lowest BCUT2D eigenvalue weighted by Gasteiger charge is -2.29. The first-order chi connectivity index (χ1) is 7.68. The molecule has 1 aromatic carbocycles. The molecule has 1 atom stereocenters. The van der Waals surface area contributed by atoms with Crippen LogP contribution < -0.4 is 11.1 Å². The van der Waals surface area contributed by atoms with Crippen LogP contribution in [0.4, 0.5) is 0 Å². The molecule has 1 saturated heterocycles. The number of piperidine rings is 1. The summed E-state index contributed by atoms with van der Waals surface area (Å²) in [4.78, 5) is 0. The van der Waals surface area contributed by atoms with Gasteiger partial charge in [0, 0.05) is 15.5 Å². The van der Waals surface area contributed by atoms with E-state index >= 15 is 0 Å². The summed E-state index contributed by atoms with van der Waals surface area (Å²) < 4.78 is 1.06. The van der Waals surface area contributed by atoms with E-state index in [1.165, 1.54) is 0 Å². The molecule has 0 aliphatic carbocycles. The lowest BCUT2D eigenvalue weighted by molar-refractivity contribution is 0.321. The Balaban J connectivity index is 0.00000144. The summed E-state index contributed by atoms with van der Waals surface area (Å²) in [7, 11) is 0. The molecule has 0 spiro atoms. The smallest absolute Gasteiger partial charge is 0.0410 e. The minimum atomic E-state index is 0. The van der Waals surface area contributed by atoms with Crippen molar-refractivity contribution >= 4 is 39.9 Å². The van der Waals surface area contributed by atoms with Crippen molar-refractivity contribution in [2.24, 2.45) is 11.7 Å². The molecule has 2 rings (SSSR count). The molecule has 0 radical (unpaired) electrons. The number of nitrogens with one attached hydrogen (secondary N) is 1. The Morgan fingerprint density at radius 3 is 2.65 bits per heavy atom. The van der Waals surface area contributed by atoms with Gasteiger partial charge >= 0.3 is 0 Å². The molecule has 96 valence electrons. The molecule has 5 heteroatoms. The molecule has 17 heavy (non-hydrogen) atoms. The Kier molecular flexibility index (Phi) is 6.24. The molecule has 1 heterocycles. The zero-order valence-corrected chi connectivity index (χ0v) is 12.6. The molecule has 0 saturated carbocycles. The fraction of sp³-hybridized carbons (Fsp3) is 0.500. The van der Waals surface area contributed by atoms with Crippen LogP contribution in [-0.4, -0.2) is 13.1 Å². The van der Waals surface area contributed by atoms with Gasteiger partial charge in [0.25, 0.3) is 0 Å². The van der Waals surface area contributed by atoms with Crippen molar-refractivity contribution in [1.29, 1.82) is 0 Å². The van der Waals surface area contributed by atoms with E-state index in [1.807, 2.05) is 18.2 Å². The Bertz CT molecular complexity index is 368. The highest BCUT2D eigenvalue weighted by molar-refractivity contribution is 9.10. The Hall–Kier alpha value is 0.200. The maximum atomic E-state index is 6.32. The van der Waals surface area contributed by atoms with E-state index in [2.05, 4.69) is 21.2 Å². The third kappa shape index (κ3) is 3.83. The summed E-state index contributed by atoms with van der Waals surface area (Å²) in [5, 5.41) is 4.11. The maximum absolute atomic E-state index is 6.32. The van der Waals surface area contributed by atoms with Crippen LogP contribution >= 0.6 is 39.9 Å². The fourth-order valence-corrected chi connectivity index (χ4v) is 2.92. The molecule has 1 fully saturated rings. The van der Waals surface area contributed by atoms with E-state index < -0.39 is 0 Å². The van der Waals surface area contributed by atoms with Crippen molar-refractivity contribution in [1.82, 2.24) is 5.32 Å². The van der Waals surface area contributed by atoms with Gasteiger partial charge in [-0.15, -0.1) is 12.4 Å². The van der Waals surface area contributed by atoms with Crippen LogP contribution in [0.2, 0.25) is 5.02 Å². The van der Waals surface area contributed by atoms with Crippen molar-refractivity contribution in [3.05, 3.63) is 33.3 Å². The second-order valence-corrected chi connectivity index (χ2v) is 5.57. The van der Waals surface area contributed by atoms with Gasteiger partial charge in [-0.1, -0.05) is 27.5 Å². The lowest BCUT2D eigenvalue weighted by Crippen LogP contribution is -2.33. The predicted octanol–water partition coefficient (Wildman–Crippen LogP) is 3.52. The van der Waals surface area contributed by atoms with Gasteiger partial charge in [0.1, 0.15) is 0 Å². The van der Waals surface area contributed by atoms with Crippen molar-refractivity contribution in [2.45, 2.75) is 18.9 Å². The van der Waals surface area contributed by atoms with Gasteiger partial charge in [0.15, 0.2) is 0 Å². The first-order valence-corrected chi connectivity index (χ1v) is 6.77. The Morgan fingerprint density at radius 2 is 2.00 bits per heavy atom. The van der Waals surface area contributed by atoms with E-state index in [4.69, 9.17) is 17.3 Å². The van der Waals surface area contributed by atoms with Crippen LogP contribution in [0.3, 0.4) is 0 Å².